The van der Waals surface area contributed by atoms with Crippen molar-refractivity contribution in [1.82, 2.24) is 10.3 Å². The number of rotatable bonds is 6. The molecule has 2 aromatic heterocycles. The molecular formula is C10H13N3O2S3. The minimum atomic E-state index is -3.50. The third-order valence-electron chi connectivity index (χ3n) is 2.11. The van der Waals surface area contributed by atoms with Crippen LogP contribution in [0.2, 0.25) is 0 Å². The molecule has 0 saturated carbocycles. The Morgan fingerprint density at radius 1 is 1.39 bits per heavy atom. The fourth-order valence-corrected chi connectivity index (χ4v) is 4.40. The number of anilines is 1. The van der Waals surface area contributed by atoms with E-state index in [2.05, 4.69) is 15.0 Å². The molecular weight excluding hydrogens is 290 g/mol. The van der Waals surface area contributed by atoms with Crippen LogP contribution < -0.4 is 10.0 Å². The van der Waals surface area contributed by atoms with E-state index in [4.69, 9.17) is 0 Å². The molecule has 0 aliphatic heterocycles. The summed E-state index contributed by atoms with van der Waals surface area (Å²) in [5, 5.41) is 5.27. The zero-order chi connectivity index (χ0) is 13.0. The van der Waals surface area contributed by atoms with Crippen molar-refractivity contribution < 1.29 is 8.42 Å². The van der Waals surface area contributed by atoms with Crippen LogP contribution in [0, 0.1) is 0 Å². The second kappa shape index (κ2) is 5.79. The van der Waals surface area contributed by atoms with Crippen LogP contribution in [0.15, 0.2) is 27.9 Å². The van der Waals surface area contributed by atoms with Crippen LogP contribution >= 0.6 is 22.7 Å². The molecule has 2 N–H and O–H groups in total. The highest BCUT2D eigenvalue weighted by Gasteiger charge is 2.17. The monoisotopic (exact) mass is 303 g/mol. The van der Waals surface area contributed by atoms with Crippen LogP contribution in [0.1, 0.15) is 11.8 Å². The van der Waals surface area contributed by atoms with Crippen molar-refractivity contribution in [1.29, 1.82) is 0 Å². The first-order valence-corrected chi connectivity index (χ1v) is 8.51. The van der Waals surface area contributed by atoms with Gasteiger partial charge >= 0.3 is 0 Å². The van der Waals surface area contributed by atoms with Crippen LogP contribution in [0.25, 0.3) is 0 Å². The van der Waals surface area contributed by atoms with Crippen LogP contribution in [-0.2, 0) is 16.6 Å². The molecule has 0 aromatic carbocycles. The number of nitrogens with one attached hydrogen (secondary N) is 2. The highest BCUT2D eigenvalue weighted by atomic mass is 32.2. The van der Waals surface area contributed by atoms with E-state index in [-0.39, 0.29) is 0 Å². The fourth-order valence-electron chi connectivity index (χ4n) is 1.28. The van der Waals surface area contributed by atoms with Gasteiger partial charge in [0.05, 0.1) is 0 Å². The third-order valence-corrected chi connectivity index (χ3v) is 5.84. The van der Waals surface area contributed by atoms with Crippen molar-refractivity contribution in [3.63, 3.8) is 0 Å². The summed E-state index contributed by atoms with van der Waals surface area (Å²) in [5.41, 5.74) is 0. The average Bonchev–Trinajstić information content (AvgIpc) is 2.96. The maximum Gasteiger partial charge on any atom is 0.273 e. The highest BCUT2D eigenvalue weighted by molar-refractivity contribution is 7.94. The SMILES string of the molecule is CCNCc1ccc(S(=O)(=O)Nc2nccs2)s1. The predicted octanol–water partition coefficient (Wildman–Crippen LogP) is 2.11. The average molecular weight is 303 g/mol. The van der Waals surface area contributed by atoms with Crippen LogP contribution in [-0.4, -0.2) is 19.9 Å². The van der Waals surface area contributed by atoms with Gasteiger partial charge in [0.25, 0.3) is 10.0 Å². The normalized spacial score (nSPS) is 11.6. The number of nitrogens with zero attached hydrogens (tertiary/aromatic N) is 1. The Kier molecular flexibility index (Phi) is 4.33. The van der Waals surface area contributed by atoms with Crippen molar-refractivity contribution >= 4 is 37.8 Å². The van der Waals surface area contributed by atoms with Gasteiger partial charge in [-0.1, -0.05) is 6.92 Å². The number of thiazole rings is 1. The van der Waals surface area contributed by atoms with Gasteiger partial charge in [-0.15, -0.1) is 22.7 Å². The van der Waals surface area contributed by atoms with Gasteiger partial charge in [-0.05, 0) is 18.7 Å². The summed E-state index contributed by atoms with van der Waals surface area (Å²) in [6, 6.07) is 3.44. The molecule has 0 amide bonds. The van der Waals surface area contributed by atoms with E-state index in [1.807, 2.05) is 13.0 Å². The molecule has 0 fully saturated rings. The topological polar surface area (TPSA) is 71.1 Å². The lowest BCUT2D eigenvalue weighted by Gasteiger charge is -2.01. The molecule has 98 valence electrons. The van der Waals surface area contributed by atoms with Gasteiger partial charge < -0.3 is 5.32 Å². The minimum absolute atomic E-state index is 0.311. The second-order valence-corrected chi connectivity index (χ2v) is 7.42. The zero-order valence-electron chi connectivity index (χ0n) is 9.71. The summed E-state index contributed by atoms with van der Waals surface area (Å²) < 4.78 is 26.8. The summed E-state index contributed by atoms with van der Waals surface area (Å²) in [7, 11) is -3.50. The van der Waals surface area contributed by atoms with Crippen molar-refractivity contribution in [2.45, 2.75) is 17.7 Å². The summed E-state index contributed by atoms with van der Waals surface area (Å²) in [4.78, 5) is 4.90. The van der Waals surface area contributed by atoms with Crippen molar-refractivity contribution in [3.05, 3.63) is 28.6 Å². The van der Waals surface area contributed by atoms with E-state index in [1.54, 1.807) is 17.6 Å². The Labute approximate surface area is 114 Å². The van der Waals surface area contributed by atoms with Crippen molar-refractivity contribution in [3.8, 4) is 0 Å². The Morgan fingerprint density at radius 2 is 2.22 bits per heavy atom. The highest BCUT2D eigenvalue weighted by Crippen LogP contribution is 2.24. The summed E-state index contributed by atoms with van der Waals surface area (Å²) in [6.45, 7) is 3.56. The number of aromatic nitrogens is 1. The van der Waals surface area contributed by atoms with Crippen LogP contribution in [0.5, 0.6) is 0 Å². The van der Waals surface area contributed by atoms with Crippen molar-refractivity contribution in [2.75, 3.05) is 11.3 Å². The Hall–Kier alpha value is -0.960. The molecule has 0 radical (unpaired) electrons. The molecule has 2 rings (SSSR count). The smallest absolute Gasteiger partial charge is 0.273 e. The second-order valence-electron chi connectivity index (χ2n) is 3.44. The number of hydrogen-bond donors (Lipinski definition) is 2. The molecule has 0 saturated heterocycles. The van der Waals surface area contributed by atoms with Gasteiger partial charge in [0.15, 0.2) is 5.13 Å². The van der Waals surface area contributed by atoms with E-state index in [1.165, 1.54) is 22.7 Å². The molecule has 0 atom stereocenters. The lowest BCUT2D eigenvalue weighted by molar-refractivity contribution is 0.603. The zero-order valence-corrected chi connectivity index (χ0v) is 12.2. The number of sulfonamides is 1. The van der Waals surface area contributed by atoms with Gasteiger partial charge in [0, 0.05) is 23.0 Å². The maximum atomic E-state index is 12.0. The molecule has 0 unspecified atom stereocenters. The van der Waals surface area contributed by atoms with Gasteiger partial charge in [0.2, 0.25) is 0 Å². The Bertz CT molecular complexity index is 590. The first kappa shape index (κ1) is 13.5. The van der Waals surface area contributed by atoms with Gasteiger partial charge in [-0.2, -0.15) is 0 Å². The lowest BCUT2D eigenvalue weighted by atomic mass is 10.4. The number of hydrogen-bond acceptors (Lipinski definition) is 6. The summed E-state index contributed by atoms with van der Waals surface area (Å²) >= 11 is 2.52. The van der Waals surface area contributed by atoms with E-state index in [0.29, 0.717) is 15.9 Å². The Balaban J connectivity index is 2.12. The van der Waals surface area contributed by atoms with Crippen molar-refractivity contribution in [2.24, 2.45) is 0 Å². The van der Waals surface area contributed by atoms with Gasteiger partial charge in [-0.3, -0.25) is 4.72 Å². The molecule has 2 aromatic rings. The summed E-state index contributed by atoms with van der Waals surface area (Å²) in [6.07, 6.45) is 1.56. The largest absolute Gasteiger partial charge is 0.312 e. The molecule has 0 aliphatic rings. The molecule has 0 bridgehead atoms. The molecule has 5 nitrogen and oxygen atoms in total. The molecule has 0 aliphatic carbocycles. The van der Waals surface area contributed by atoms with Gasteiger partial charge in [-0.25, -0.2) is 13.4 Å². The molecule has 2 heterocycles. The van der Waals surface area contributed by atoms with E-state index >= 15 is 0 Å². The maximum absolute atomic E-state index is 12.0. The Morgan fingerprint density at radius 3 is 2.89 bits per heavy atom. The predicted molar refractivity (Wildman–Crippen MR) is 74.6 cm³/mol. The standard InChI is InChI=1S/C10H13N3O2S3/c1-2-11-7-8-3-4-9(17-8)18(14,15)13-10-12-5-6-16-10/h3-6,11H,2,7H2,1H3,(H,12,13). The first-order valence-electron chi connectivity index (χ1n) is 5.33. The lowest BCUT2D eigenvalue weighted by Crippen LogP contribution is -2.11. The summed E-state index contributed by atoms with van der Waals surface area (Å²) in [5.74, 6) is 0. The third kappa shape index (κ3) is 3.29. The van der Waals surface area contributed by atoms with Crippen LogP contribution in [0.3, 0.4) is 0 Å². The van der Waals surface area contributed by atoms with E-state index in [9.17, 15) is 8.42 Å². The number of thiophene rings is 1. The minimum Gasteiger partial charge on any atom is -0.312 e. The van der Waals surface area contributed by atoms with E-state index in [0.717, 1.165) is 11.4 Å². The molecule has 0 spiro atoms. The molecule has 18 heavy (non-hydrogen) atoms. The van der Waals surface area contributed by atoms with Crippen LogP contribution in [0.4, 0.5) is 5.13 Å². The van der Waals surface area contributed by atoms with E-state index < -0.39 is 10.0 Å². The van der Waals surface area contributed by atoms with Gasteiger partial charge in [0.1, 0.15) is 4.21 Å². The first-order chi connectivity index (χ1) is 8.62. The quantitative estimate of drug-likeness (QED) is 0.857. The molecule has 8 heteroatoms. The fraction of sp³-hybridized carbons (Fsp3) is 0.300.